The van der Waals surface area contributed by atoms with Crippen LogP contribution in [0.5, 0.6) is 0 Å². The van der Waals surface area contributed by atoms with Crippen LogP contribution in [0.2, 0.25) is 54.4 Å². The van der Waals surface area contributed by atoms with Gasteiger partial charge in [-0.3, -0.25) is 0 Å². The maximum Gasteiger partial charge on any atom is 0.193 e. The lowest BCUT2D eigenvalue weighted by Gasteiger charge is -2.56. The van der Waals surface area contributed by atoms with Gasteiger partial charge in [0, 0.05) is 6.61 Å². The largest absolute Gasteiger partial charge is 0.408 e. The van der Waals surface area contributed by atoms with Gasteiger partial charge in [0.25, 0.3) is 0 Å². The molecule has 2 aliphatic heterocycles. The quantitative estimate of drug-likeness (QED) is 0.178. The van der Waals surface area contributed by atoms with Crippen LogP contribution in [0, 0.1) is 0 Å². The zero-order chi connectivity index (χ0) is 31.8. The maximum absolute atomic E-state index is 9.74. The molecule has 2 heterocycles. The molecule has 2 fully saturated rings. The highest BCUT2D eigenvalue weighted by Gasteiger charge is 2.57. The molecule has 2 saturated heterocycles. The molecule has 41 heavy (non-hydrogen) atoms. The number of aliphatic hydroxyl groups is 1. The second-order valence-corrected chi connectivity index (χ2v) is 31.8. The summed E-state index contributed by atoms with van der Waals surface area (Å²) in [5, 5.41) is 9.83. The van der Waals surface area contributed by atoms with E-state index in [1.54, 1.807) is 0 Å². The van der Waals surface area contributed by atoms with Gasteiger partial charge in [-0.15, -0.1) is 0 Å². The van der Waals surface area contributed by atoms with E-state index in [1.165, 1.54) is 0 Å². The van der Waals surface area contributed by atoms with Crippen LogP contribution in [0.25, 0.3) is 0 Å². The third-order valence-electron chi connectivity index (χ3n) is 10.5. The standard InChI is InChI=1S/C31H63IO6Si3/c1-29(2,3)39(10,11)36-24(18-20-32)26-28(38-41(14,15)31(7,8)9)27(37-40(12,13)30(4,5)6)25-23(35-26)17-16-22(34-25)19-21-33/h18,20,22-28,33H,16-17,19,21H2,1-15H3/b20-18+/t22?,23-,24-,25-,26-,27-,28+/m0/s1. The molecular formula is C31H63IO6Si3. The normalized spacial score (nSPS) is 30.0. The summed E-state index contributed by atoms with van der Waals surface area (Å²) in [6, 6.07) is 0. The number of rotatable bonds is 10. The van der Waals surface area contributed by atoms with E-state index in [1.807, 2.05) is 0 Å². The lowest BCUT2D eigenvalue weighted by atomic mass is 9.87. The lowest BCUT2D eigenvalue weighted by molar-refractivity contribution is -0.267. The Bertz CT molecular complexity index is 875. The summed E-state index contributed by atoms with van der Waals surface area (Å²) in [4.78, 5) is 0. The molecule has 0 aromatic heterocycles. The molecule has 10 heteroatoms. The van der Waals surface area contributed by atoms with Crippen molar-refractivity contribution in [3.8, 4) is 0 Å². The molecule has 242 valence electrons. The SMILES string of the molecule is CC(C)(C)[Si](C)(C)O[C@@H]1[C@H](O[Si](C)(C)C(C)(C)C)[C@H]([C@H](/C=C/I)O[Si](C)(C)C(C)(C)C)O[C@H]2CCC(CCO)O[C@H]12. The molecule has 0 bridgehead atoms. The van der Waals surface area contributed by atoms with Crippen LogP contribution in [0.15, 0.2) is 10.2 Å². The zero-order valence-corrected chi connectivity index (χ0v) is 34.0. The lowest BCUT2D eigenvalue weighted by Crippen LogP contribution is -2.69. The summed E-state index contributed by atoms with van der Waals surface area (Å²) in [6.45, 7) is 34.6. The van der Waals surface area contributed by atoms with Gasteiger partial charge in [-0.2, -0.15) is 0 Å². The maximum atomic E-state index is 9.74. The average molecular weight is 743 g/mol. The van der Waals surface area contributed by atoms with Gasteiger partial charge < -0.3 is 27.9 Å². The highest BCUT2D eigenvalue weighted by atomic mass is 127. The summed E-state index contributed by atoms with van der Waals surface area (Å²) in [5.41, 5.74) is 0. The average Bonchev–Trinajstić information content (AvgIpc) is 2.78. The minimum Gasteiger partial charge on any atom is -0.408 e. The zero-order valence-electron chi connectivity index (χ0n) is 28.9. The van der Waals surface area contributed by atoms with Crippen LogP contribution in [-0.2, 0) is 22.8 Å². The van der Waals surface area contributed by atoms with Crippen LogP contribution < -0.4 is 0 Å². The van der Waals surface area contributed by atoms with Gasteiger partial charge in [0.15, 0.2) is 25.0 Å². The van der Waals surface area contributed by atoms with E-state index in [0.717, 1.165) is 12.8 Å². The summed E-state index contributed by atoms with van der Waals surface area (Å²) >= 11 is 2.30. The first kappa shape index (κ1) is 38.1. The van der Waals surface area contributed by atoms with E-state index in [2.05, 4.69) is 134 Å². The van der Waals surface area contributed by atoms with Crippen molar-refractivity contribution in [2.45, 2.75) is 179 Å². The molecule has 7 atom stereocenters. The minimum absolute atomic E-state index is 0.00560. The fraction of sp³-hybridized carbons (Fsp3) is 0.935. The second kappa shape index (κ2) is 13.7. The predicted molar refractivity (Wildman–Crippen MR) is 188 cm³/mol. The molecule has 0 amide bonds. The molecule has 0 saturated carbocycles. The van der Waals surface area contributed by atoms with Crippen LogP contribution in [0.3, 0.4) is 0 Å². The van der Waals surface area contributed by atoms with E-state index in [4.69, 9.17) is 22.8 Å². The Hall–Kier alpha value is 0.881. The Kier molecular flexibility index (Phi) is 12.7. The first-order valence-electron chi connectivity index (χ1n) is 15.6. The van der Waals surface area contributed by atoms with Crippen LogP contribution in [0.1, 0.15) is 81.6 Å². The van der Waals surface area contributed by atoms with Crippen LogP contribution >= 0.6 is 22.6 Å². The Morgan fingerprint density at radius 3 is 1.71 bits per heavy atom. The van der Waals surface area contributed by atoms with Crippen molar-refractivity contribution in [1.82, 2.24) is 0 Å². The Morgan fingerprint density at radius 1 is 0.780 bits per heavy atom. The molecule has 0 radical (unpaired) electrons. The minimum atomic E-state index is -2.26. The van der Waals surface area contributed by atoms with Gasteiger partial charge in [-0.1, -0.05) is 84.9 Å². The van der Waals surface area contributed by atoms with Crippen molar-refractivity contribution >= 4 is 47.5 Å². The second-order valence-electron chi connectivity index (χ2n) is 16.8. The van der Waals surface area contributed by atoms with Crippen molar-refractivity contribution in [3.63, 3.8) is 0 Å². The fourth-order valence-corrected chi connectivity index (χ4v) is 8.97. The predicted octanol–water partition coefficient (Wildman–Crippen LogP) is 8.80. The summed E-state index contributed by atoms with van der Waals surface area (Å²) in [5.74, 6) is 0. The molecule has 2 rings (SSSR count). The third kappa shape index (κ3) is 9.22. The molecule has 1 unspecified atom stereocenters. The van der Waals surface area contributed by atoms with Gasteiger partial charge in [-0.25, -0.2) is 0 Å². The Morgan fingerprint density at radius 2 is 1.27 bits per heavy atom. The van der Waals surface area contributed by atoms with Crippen molar-refractivity contribution < 1.29 is 27.9 Å². The van der Waals surface area contributed by atoms with Gasteiger partial charge in [0.05, 0.1) is 18.3 Å². The van der Waals surface area contributed by atoms with E-state index < -0.39 is 25.0 Å². The number of hydrogen-bond donors (Lipinski definition) is 1. The molecular weight excluding hydrogens is 679 g/mol. The molecule has 0 spiro atoms. The van der Waals surface area contributed by atoms with E-state index >= 15 is 0 Å². The molecule has 6 nitrogen and oxygen atoms in total. The summed E-state index contributed by atoms with van der Waals surface area (Å²) in [6.07, 6.45) is 2.94. The highest BCUT2D eigenvalue weighted by molar-refractivity contribution is 14.1. The van der Waals surface area contributed by atoms with Gasteiger partial charge >= 0.3 is 0 Å². The summed E-state index contributed by atoms with van der Waals surface area (Å²) in [7, 11) is -6.64. The van der Waals surface area contributed by atoms with E-state index in [9.17, 15) is 5.11 Å². The number of halogens is 1. The number of aliphatic hydroxyl groups excluding tert-OH is 1. The molecule has 0 aromatic rings. The van der Waals surface area contributed by atoms with Crippen LogP contribution in [0.4, 0.5) is 0 Å². The first-order valence-corrected chi connectivity index (χ1v) is 25.6. The fourth-order valence-electron chi connectivity index (χ4n) is 4.71. The van der Waals surface area contributed by atoms with Gasteiger partial charge in [-0.05, 0) is 83.8 Å². The molecule has 0 aromatic carbocycles. The van der Waals surface area contributed by atoms with Crippen molar-refractivity contribution in [3.05, 3.63) is 10.2 Å². The van der Waals surface area contributed by atoms with Gasteiger partial charge in [0.2, 0.25) is 0 Å². The Labute approximate surface area is 269 Å². The van der Waals surface area contributed by atoms with Crippen LogP contribution in [-0.4, -0.2) is 79.4 Å². The molecule has 2 aliphatic rings. The van der Waals surface area contributed by atoms with Gasteiger partial charge in [0.1, 0.15) is 24.4 Å². The smallest absolute Gasteiger partial charge is 0.193 e. The highest BCUT2D eigenvalue weighted by Crippen LogP contribution is 2.47. The molecule has 1 N–H and O–H groups in total. The number of ether oxygens (including phenoxy) is 2. The molecule has 0 aliphatic carbocycles. The van der Waals surface area contributed by atoms with E-state index in [-0.39, 0.29) is 64.4 Å². The monoisotopic (exact) mass is 742 g/mol. The van der Waals surface area contributed by atoms with E-state index in [0.29, 0.717) is 6.42 Å². The summed E-state index contributed by atoms with van der Waals surface area (Å²) < 4.78 is 37.8. The van der Waals surface area contributed by atoms with Crippen molar-refractivity contribution in [1.29, 1.82) is 0 Å². The number of hydrogen-bond acceptors (Lipinski definition) is 6. The van der Waals surface area contributed by atoms with Crippen molar-refractivity contribution in [2.75, 3.05) is 6.61 Å². The topological polar surface area (TPSA) is 66.4 Å². The number of fused-ring (bicyclic) bond motifs is 1. The first-order chi connectivity index (χ1) is 18.4. The van der Waals surface area contributed by atoms with Crippen molar-refractivity contribution in [2.24, 2.45) is 0 Å². The Balaban J connectivity index is 2.72. The third-order valence-corrected chi connectivity index (χ3v) is 24.4.